The molecule has 3 rings (SSSR count). The van der Waals surface area contributed by atoms with Crippen molar-refractivity contribution in [1.82, 2.24) is 0 Å². The SMILES string of the molecule is CC(C)c1cccc(C(C)C)c1N1C=[N+]([C@H](CO[Si](C)(C)C)Cc2ccccc2)CC1. The van der Waals surface area contributed by atoms with E-state index in [0.717, 1.165) is 26.1 Å². The van der Waals surface area contributed by atoms with E-state index in [0.29, 0.717) is 17.9 Å². The summed E-state index contributed by atoms with van der Waals surface area (Å²) in [6.07, 6.45) is 3.38. The molecule has 0 aromatic heterocycles. The van der Waals surface area contributed by atoms with Crippen LogP contribution in [-0.4, -0.2) is 45.0 Å². The number of anilines is 1. The van der Waals surface area contributed by atoms with Gasteiger partial charge in [0.25, 0.3) is 0 Å². The Morgan fingerprint density at radius 3 is 2.06 bits per heavy atom. The molecule has 0 radical (unpaired) electrons. The lowest BCUT2D eigenvalue weighted by atomic mass is 9.92. The summed E-state index contributed by atoms with van der Waals surface area (Å²) < 4.78 is 8.92. The highest BCUT2D eigenvalue weighted by Crippen LogP contribution is 2.35. The predicted molar refractivity (Wildman–Crippen MR) is 136 cm³/mol. The second kappa shape index (κ2) is 10.1. The van der Waals surface area contributed by atoms with Crippen LogP contribution in [0.1, 0.15) is 56.2 Å². The van der Waals surface area contributed by atoms with E-state index in [9.17, 15) is 0 Å². The second-order valence-electron chi connectivity index (χ2n) is 10.4. The van der Waals surface area contributed by atoms with Crippen LogP contribution in [0.3, 0.4) is 0 Å². The third kappa shape index (κ3) is 6.30. The van der Waals surface area contributed by atoms with Gasteiger partial charge in [0.2, 0.25) is 6.34 Å². The fraction of sp³-hybridized carbons (Fsp3) is 0.519. The zero-order valence-corrected chi connectivity index (χ0v) is 21.6. The first-order valence-corrected chi connectivity index (χ1v) is 15.2. The Bertz CT molecular complexity index is 858. The van der Waals surface area contributed by atoms with Gasteiger partial charge in [-0.2, -0.15) is 0 Å². The first kappa shape index (κ1) is 23.7. The van der Waals surface area contributed by atoms with Gasteiger partial charge in [0.15, 0.2) is 8.32 Å². The van der Waals surface area contributed by atoms with E-state index in [1.165, 1.54) is 22.4 Å². The Kier molecular flexibility index (Phi) is 7.76. The van der Waals surface area contributed by atoms with Gasteiger partial charge in [-0.15, -0.1) is 0 Å². The first-order valence-electron chi connectivity index (χ1n) is 11.8. The molecule has 1 atom stereocenters. The van der Waals surface area contributed by atoms with Gasteiger partial charge in [-0.3, -0.25) is 4.58 Å². The molecule has 2 aromatic carbocycles. The van der Waals surface area contributed by atoms with Crippen molar-refractivity contribution in [2.75, 3.05) is 24.6 Å². The van der Waals surface area contributed by atoms with Crippen LogP contribution < -0.4 is 4.90 Å². The average molecular weight is 438 g/mol. The highest BCUT2D eigenvalue weighted by atomic mass is 28.4. The number of hydrogen-bond acceptors (Lipinski definition) is 2. The van der Waals surface area contributed by atoms with Crippen LogP contribution in [0.2, 0.25) is 19.6 Å². The molecule has 0 bridgehead atoms. The summed E-state index contributed by atoms with van der Waals surface area (Å²) >= 11 is 0. The van der Waals surface area contributed by atoms with Crippen LogP contribution in [0.25, 0.3) is 0 Å². The summed E-state index contributed by atoms with van der Waals surface area (Å²) in [5.41, 5.74) is 5.69. The van der Waals surface area contributed by atoms with Crippen LogP contribution in [0.5, 0.6) is 0 Å². The van der Waals surface area contributed by atoms with E-state index in [1.54, 1.807) is 0 Å². The third-order valence-electron chi connectivity index (χ3n) is 6.01. The molecule has 0 aliphatic carbocycles. The number of nitrogens with zero attached hydrogens (tertiary/aromatic N) is 2. The van der Waals surface area contributed by atoms with Crippen molar-refractivity contribution in [3.63, 3.8) is 0 Å². The van der Waals surface area contributed by atoms with Crippen molar-refractivity contribution in [2.24, 2.45) is 0 Å². The summed E-state index contributed by atoms with van der Waals surface area (Å²) in [5.74, 6) is 1.01. The highest BCUT2D eigenvalue weighted by Gasteiger charge is 2.32. The molecule has 4 heteroatoms. The molecular weight excluding hydrogens is 396 g/mol. The largest absolute Gasteiger partial charge is 0.413 e. The van der Waals surface area contributed by atoms with Crippen LogP contribution in [0.4, 0.5) is 5.69 Å². The van der Waals surface area contributed by atoms with Gasteiger partial charge in [-0.1, -0.05) is 76.2 Å². The summed E-state index contributed by atoms with van der Waals surface area (Å²) in [6.45, 7) is 18.9. The summed E-state index contributed by atoms with van der Waals surface area (Å²) in [5, 5.41) is 0. The maximum absolute atomic E-state index is 6.40. The molecule has 31 heavy (non-hydrogen) atoms. The van der Waals surface area contributed by atoms with Crippen molar-refractivity contribution in [2.45, 2.75) is 71.6 Å². The topological polar surface area (TPSA) is 15.5 Å². The van der Waals surface area contributed by atoms with Gasteiger partial charge in [0, 0.05) is 17.5 Å². The van der Waals surface area contributed by atoms with E-state index in [-0.39, 0.29) is 0 Å². The number of hydrogen-bond donors (Lipinski definition) is 0. The molecule has 0 saturated carbocycles. The van der Waals surface area contributed by atoms with E-state index < -0.39 is 8.32 Å². The van der Waals surface area contributed by atoms with Crippen molar-refractivity contribution in [3.8, 4) is 0 Å². The molecule has 1 aliphatic heterocycles. The first-order chi connectivity index (χ1) is 14.7. The molecule has 0 unspecified atom stereocenters. The van der Waals surface area contributed by atoms with Gasteiger partial charge < -0.3 is 4.43 Å². The molecular formula is C27H41N2OSi+. The molecule has 1 heterocycles. The lowest BCUT2D eigenvalue weighted by Crippen LogP contribution is -2.38. The van der Waals surface area contributed by atoms with E-state index in [2.05, 4.69) is 112 Å². The van der Waals surface area contributed by atoms with Crippen molar-refractivity contribution < 1.29 is 9.00 Å². The fourth-order valence-corrected chi connectivity index (χ4v) is 5.00. The monoisotopic (exact) mass is 437 g/mol. The Balaban J connectivity index is 1.92. The van der Waals surface area contributed by atoms with Crippen LogP contribution in [0, 0.1) is 0 Å². The van der Waals surface area contributed by atoms with E-state index >= 15 is 0 Å². The van der Waals surface area contributed by atoms with E-state index in [4.69, 9.17) is 4.43 Å². The molecule has 168 valence electrons. The average Bonchev–Trinajstić information content (AvgIpc) is 3.20. The van der Waals surface area contributed by atoms with Crippen molar-refractivity contribution >= 4 is 20.3 Å². The standard InChI is InChI=1S/C27H41N2OSi/c1-21(2)25-14-11-15-26(22(3)4)27(25)29-17-16-28(20-29)24(19-30-31(5,6)7)18-23-12-9-8-10-13-23/h8-15,20-22,24H,16-19H2,1-7H3/q+1/t24-/m0/s1. The maximum atomic E-state index is 6.40. The van der Waals surface area contributed by atoms with Gasteiger partial charge in [-0.05, 0) is 37.0 Å². The zero-order valence-electron chi connectivity index (χ0n) is 20.6. The van der Waals surface area contributed by atoms with E-state index in [1.807, 2.05) is 0 Å². The van der Waals surface area contributed by atoms with Gasteiger partial charge in [0.05, 0.1) is 6.61 Å². The molecule has 0 spiro atoms. The van der Waals surface area contributed by atoms with Crippen molar-refractivity contribution in [1.29, 1.82) is 0 Å². The minimum Gasteiger partial charge on any atom is -0.413 e. The second-order valence-corrected chi connectivity index (χ2v) is 14.9. The van der Waals surface area contributed by atoms with Crippen LogP contribution >= 0.6 is 0 Å². The number of rotatable bonds is 9. The summed E-state index contributed by atoms with van der Waals surface area (Å²) in [7, 11) is -1.57. The fourth-order valence-electron chi connectivity index (χ4n) is 4.31. The zero-order chi connectivity index (χ0) is 22.6. The predicted octanol–water partition coefficient (Wildman–Crippen LogP) is 6.26. The third-order valence-corrected chi connectivity index (χ3v) is 7.04. The molecule has 0 saturated heterocycles. The minimum absolute atomic E-state index is 0.354. The molecule has 0 amide bonds. The lowest BCUT2D eigenvalue weighted by molar-refractivity contribution is -0.555. The quantitative estimate of drug-likeness (QED) is 0.340. The number of benzene rings is 2. The number of para-hydroxylation sites is 1. The Morgan fingerprint density at radius 2 is 1.52 bits per heavy atom. The Hall–Kier alpha value is -1.91. The summed E-state index contributed by atoms with van der Waals surface area (Å²) in [4.78, 5) is 2.50. The maximum Gasteiger partial charge on any atom is 0.239 e. The Labute approximate surface area is 190 Å². The van der Waals surface area contributed by atoms with Gasteiger partial charge in [-0.25, -0.2) is 4.90 Å². The van der Waals surface area contributed by atoms with Crippen molar-refractivity contribution in [3.05, 3.63) is 65.2 Å². The molecule has 0 N–H and O–H groups in total. The lowest BCUT2D eigenvalue weighted by Gasteiger charge is -2.23. The summed E-state index contributed by atoms with van der Waals surface area (Å²) in [6, 6.07) is 18.0. The normalized spacial score (nSPS) is 15.6. The Morgan fingerprint density at radius 1 is 0.903 bits per heavy atom. The molecule has 1 aliphatic rings. The van der Waals surface area contributed by atoms with Gasteiger partial charge in [0.1, 0.15) is 24.8 Å². The van der Waals surface area contributed by atoms with Crippen LogP contribution in [0.15, 0.2) is 48.5 Å². The minimum atomic E-state index is -1.57. The van der Waals surface area contributed by atoms with Gasteiger partial charge >= 0.3 is 0 Å². The smallest absolute Gasteiger partial charge is 0.239 e. The molecule has 0 fully saturated rings. The highest BCUT2D eigenvalue weighted by molar-refractivity contribution is 6.69. The van der Waals surface area contributed by atoms with Crippen LogP contribution in [-0.2, 0) is 10.8 Å². The molecule has 3 nitrogen and oxygen atoms in total. The molecule has 2 aromatic rings.